The van der Waals surface area contributed by atoms with Crippen LogP contribution in [0.3, 0.4) is 0 Å². The molecule has 0 aliphatic heterocycles. The van der Waals surface area contributed by atoms with Gasteiger partial charge in [0, 0.05) is 43.1 Å². The summed E-state index contributed by atoms with van der Waals surface area (Å²) < 4.78 is 99.0. The molecule has 2 atom stereocenters. The van der Waals surface area contributed by atoms with Crippen molar-refractivity contribution in [3.8, 4) is 23.0 Å². The number of benzene rings is 6. The van der Waals surface area contributed by atoms with Crippen LogP contribution < -0.4 is 34.1 Å². The Bertz CT molecular complexity index is 2780. The van der Waals surface area contributed by atoms with Crippen molar-refractivity contribution in [3.05, 3.63) is 179 Å². The van der Waals surface area contributed by atoms with Crippen molar-refractivity contribution in [1.82, 2.24) is 5.32 Å². The standard InChI is InChI=1S/C30H33F3N2O4.C26H24F3NO5/c1-4-5-18-34-28(36)27(22-9-7-6-8-10-22)29(37)35(24-15-16-25(38-2)26(20-24)39-3)19-17-21-11-13-23(14-12-21)30(31,32)33;1-34-21-13-12-20(16-22(21)35-2)30(15-14-17-8-10-19(11-9-17)26(27,28)29)24(31)23(25(32)33)18-6-4-3-5-7-18/h6-16,20,27H,4-5,17-19H2,1-3H3,(H,34,36);3-13,16,23H,14-15H2,1-2H3,(H,32,33). The van der Waals surface area contributed by atoms with Gasteiger partial charge in [-0.25, -0.2) is 0 Å². The fourth-order valence-corrected chi connectivity index (χ4v) is 7.81. The van der Waals surface area contributed by atoms with Gasteiger partial charge in [0.1, 0.15) is 5.92 Å². The van der Waals surface area contributed by atoms with Crippen molar-refractivity contribution >= 4 is 35.1 Å². The normalized spacial score (nSPS) is 12.0. The van der Waals surface area contributed by atoms with Crippen LogP contribution in [0.15, 0.2) is 146 Å². The fraction of sp³-hybridized carbons (Fsp3) is 0.286. The maximum atomic E-state index is 14.1. The molecule has 18 heteroatoms. The van der Waals surface area contributed by atoms with Gasteiger partial charge >= 0.3 is 18.3 Å². The van der Waals surface area contributed by atoms with Gasteiger partial charge in [-0.2, -0.15) is 26.3 Å². The van der Waals surface area contributed by atoms with E-state index in [1.807, 2.05) is 6.92 Å². The van der Waals surface area contributed by atoms with Gasteiger partial charge in [-0.15, -0.1) is 0 Å². The summed E-state index contributed by atoms with van der Waals surface area (Å²) in [5, 5.41) is 12.7. The second kappa shape index (κ2) is 26.6. The first-order chi connectivity index (χ1) is 35.3. The average molecular weight is 1030 g/mol. The number of aliphatic carboxylic acids is 1. The van der Waals surface area contributed by atoms with Gasteiger partial charge in [-0.1, -0.05) is 98.3 Å². The minimum absolute atomic E-state index is 0.0241. The lowest BCUT2D eigenvalue weighted by molar-refractivity contribution is -0.143. The van der Waals surface area contributed by atoms with Gasteiger partial charge in [-0.05, 0) is 90.0 Å². The number of rotatable bonds is 21. The van der Waals surface area contributed by atoms with Crippen LogP contribution in [0.25, 0.3) is 0 Å². The first-order valence-electron chi connectivity index (χ1n) is 23.3. The molecule has 6 aromatic rings. The average Bonchev–Trinajstić information content (AvgIpc) is 3.39. The summed E-state index contributed by atoms with van der Waals surface area (Å²) in [6.45, 7) is 2.58. The molecule has 0 aliphatic rings. The summed E-state index contributed by atoms with van der Waals surface area (Å²) in [6, 6.07) is 36.0. The SMILES string of the molecule is CCCCNC(=O)C(C(=O)N(CCc1ccc(C(F)(F)F)cc1)c1ccc(OC)c(OC)c1)c1ccccc1.COc1ccc(N(CCc2ccc(C(F)(F)F)cc2)C(=O)C(C(=O)O)c2ccccc2)cc1OC. The number of amides is 3. The smallest absolute Gasteiger partial charge is 0.416 e. The molecular formula is C56H57F6N3O9. The van der Waals surface area contributed by atoms with Crippen molar-refractivity contribution in [3.63, 3.8) is 0 Å². The predicted octanol–water partition coefficient (Wildman–Crippen LogP) is 11.2. The van der Waals surface area contributed by atoms with Crippen molar-refractivity contribution in [2.45, 2.75) is 56.8 Å². The van der Waals surface area contributed by atoms with Crippen molar-refractivity contribution < 1.29 is 69.6 Å². The van der Waals surface area contributed by atoms with Crippen LogP contribution in [0, 0.1) is 0 Å². The van der Waals surface area contributed by atoms with E-state index in [4.69, 9.17) is 18.9 Å². The first kappa shape index (κ1) is 56.9. The third kappa shape index (κ3) is 15.3. The summed E-state index contributed by atoms with van der Waals surface area (Å²) in [5.74, 6) is -3.87. The number of alkyl halides is 6. The number of halogens is 6. The lowest BCUT2D eigenvalue weighted by Gasteiger charge is -2.28. The highest BCUT2D eigenvalue weighted by Gasteiger charge is 2.36. The van der Waals surface area contributed by atoms with E-state index in [1.165, 1.54) is 62.5 Å². The zero-order valence-corrected chi connectivity index (χ0v) is 41.3. The van der Waals surface area contributed by atoms with Gasteiger partial charge in [0.25, 0.3) is 0 Å². The van der Waals surface area contributed by atoms with E-state index in [0.29, 0.717) is 63.2 Å². The Hall–Kier alpha value is -8.02. The maximum Gasteiger partial charge on any atom is 0.416 e. The van der Waals surface area contributed by atoms with Crippen LogP contribution in [-0.4, -0.2) is 76.9 Å². The van der Waals surface area contributed by atoms with E-state index in [9.17, 15) is 50.6 Å². The highest BCUT2D eigenvalue weighted by molar-refractivity contribution is 6.12. The highest BCUT2D eigenvalue weighted by Crippen LogP contribution is 2.36. The Kier molecular flexibility index (Phi) is 20.5. The van der Waals surface area contributed by atoms with E-state index in [-0.39, 0.29) is 25.9 Å². The number of anilines is 2. The summed E-state index contributed by atoms with van der Waals surface area (Å²) >= 11 is 0. The molecular weight excluding hydrogens is 973 g/mol. The Morgan fingerprint density at radius 1 is 0.527 bits per heavy atom. The molecule has 0 heterocycles. The number of carbonyl (C=O) groups excluding carboxylic acids is 3. The quantitative estimate of drug-likeness (QED) is 0.0409. The van der Waals surface area contributed by atoms with Crippen LogP contribution in [0.2, 0.25) is 0 Å². The van der Waals surface area contributed by atoms with Gasteiger partial charge in [0.2, 0.25) is 17.7 Å². The molecule has 0 bridgehead atoms. The van der Waals surface area contributed by atoms with Crippen LogP contribution in [0.1, 0.15) is 65.0 Å². The molecule has 2 unspecified atom stereocenters. The maximum absolute atomic E-state index is 14.1. The van der Waals surface area contributed by atoms with Crippen molar-refractivity contribution in [1.29, 1.82) is 0 Å². The minimum atomic E-state index is -4.45. The van der Waals surface area contributed by atoms with Crippen molar-refractivity contribution in [2.24, 2.45) is 0 Å². The van der Waals surface area contributed by atoms with Crippen LogP contribution in [0.4, 0.5) is 37.7 Å². The number of methoxy groups -OCH3 is 4. The summed E-state index contributed by atoms with van der Waals surface area (Å²) in [4.78, 5) is 55.9. The third-order valence-electron chi connectivity index (χ3n) is 11.8. The van der Waals surface area contributed by atoms with Crippen LogP contribution in [-0.2, 0) is 44.4 Å². The molecule has 0 saturated carbocycles. The Balaban J connectivity index is 0.000000276. The second-order valence-electron chi connectivity index (χ2n) is 16.6. The predicted molar refractivity (Wildman–Crippen MR) is 268 cm³/mol. The number of unbranched alkanes of at least 4 members (excludes halogenated alkanes) is 1. The molecule has 392 valence electrons. The molecule has 12 nitrogen and oxygen atoms in total. The third-order valence-corrected chi connectivity index (χ3v) is 11.8. The number of carboxylic acid groups (broad SMARTS) is 1. The molecule has 74 heavy (non-hydrogen) atoms. The summed E-state index contributed by atoms with van der Waals surface area (Å²) in [6.07, 6.45) is -6.78. The zero-order chi connectivity index (χ0) is 54.0. The topological polar surface area (TPSA) is 144 Å². The monoisotopic (exact) mass is 1030 g/mol. The largest absolute Gasteiger partial charge is 0.493 e. The number of carbonyl (C=O) groups is 4. The van der Waals surface area contributed by atoms with Gasteiger partial charge in [-0.3, -0.25) is 19.2 Å². The molecule has 6 rings (SSSR count). The molecule has 0 spiro atoms. The lowest BCUT2D eigenvalue weighted by atomic mass is 9.95. The first-order valence-corrected chi connectivity index (χ1v) is 23.3. The lowest BCUT2D eigenvalue weighted by Crippen LogP contribution is -2.43. The molecule has 0 fully saturated rings. The van der Waals surface area contributed by atoms with E-state index >= 15 is 0 Å². The summed E-state index contributed by atoms with van der Waals surface area (Å²) in [7, 11) is 5.86. The number of ether oxygens (including phenoxy) is 4. The van der Waals surface area contributed by atoms with Gasteiger partial charge in [0.05, 0.1) is 39.6 Å². The number of carboxylic acids is 1. The van der Waals surface area contributed by atoms with E-state index in [1.54, 1.807) is 97.1 Å². The Morgan fingerprint density at radius 2 is 0.905 bits per heavy atom. The van der Waals surface area contributed by atoms with Crippen molar-refractivity contribution in [2.75, 3.05) is 57.9 Å². The number of nitrogens with one attached hydrogen (secondary N) is 1. The number of hydrogen-bond donors (Lipinski definition) is 2. The molecule has 0 radical (unpaired) electrons. The van der Waals surface area contributed by atoms with E-state index in [0.717, 1.165) is 37.1 Å². The fourth-order valence-electron chi connectivity index (χ4n) is 7.81. The number of hydrogen-bond acceptors (Lipinski definition) is 8. The van der Waals surface area contributed by atoms with Crippen LogP contribution in [0.5, 0.6) is 23.0 Å². The molecule has 2 N–H and O–H groups in total. The molecule has 0 saturated heterocycles. The summed E-state index contributed by atoms with van der Waals surface area (Å²) in [5.41, 5.74) is 1.33. The molecule has 0 aromatic heterocycles. The van der Waals surface area contributed by atoms with E-state index in [2.05, 4.69) is 5.32 Å². The van der Waals surface area contributed by atoms with Crippen LogP contribution >= 0.6 is 0 Å². The molecule has 3 amide bonds. The van der Waals surface area contributed by atoms with Gasteiger partial charge in [0.15, 0.2) is 28.9 Å². The molecule has 0 aliphatic carbocycles. The van der Waals surface area contributed by atoms with E-state index < -0.39 is 59.0 Å². The van der Waals surface area contributed by atoms with Gasteiger partial charge < -0.3 is 39.2 Å². The number of nitrogens with zero attached hydrogens (tertiary/aromatic N) is 2. The minimum Gasteiger partial charge on any atom is -0.493 e. The Morgan fingerprint density at radius 3 is 1.26 bits per heavy atom. The zero-order valence-electron chi connectivity index (χ0n) is 41.3. The highest BCUT2D eigenvalue weighted by atomic mass is 19.4. The molecule has 6 aromatic carbocycles. The Labute approximate surface area is 425 Å². The second-order valence-corrected chi connectivity index (χ2v) is 16.6.